The molecule has 0 unspecified atom stereocenters. The Balaban J connectivity index is 0.00000341. The summed E-state index contributed by atoms with van der Waals surface area (Å²) in [6.07, 6.45) is 1.56. The number of carbonyl (C=O) groups excluding carboxylic acids is 2. The number of halogens is 1. The molecule has 0 saturated carbocycles. The molecule has 1 aromatic carbocycles. The molecule has 1 amide bonds. The lowest BCUT2D eigenvalue weighted by molar-refractivity contribution is -0.896. The van der Waals surface area contributed by atoms with Crippen molar-refractivity contribution in [1.82, 2.24) is 5.32 Å². The first-order chi connectivity index (χ1) is 14.3. The van der Waals surface area contributed by atoms with E-state index in [-0.39, 0.29) is 48.0 Å². The van der Waals surface area contributed by atoms with Crippen LogP contribution in [0.2, 0.25) is 0 Å². The van der Waals surface area contributed by atoms with E-state index in [0.29, 0.717) is 25.2 Å². The number of hydrogen-bond donors (Lipinski definition) is 1. The Kier molecular flexibility index (Phi) is 8.71. The molecule has 1 N–H and O–H groups in total. The molecule has 0 spiro atoms. The Morgan fingerprint density at radius 2 is 1.77 bits per heavy atom. The summed E-state index contributed by atoms with van der Waals surface area (Å²) in [6, 6.07) is 12.9. The molecule has 0 bridgehead atoms. The summed E-state index contributed by atoms with van der Waals surface area (Å²) in [7, 11) is 4.31. The molecule has 1 fully saturated rings. The fourth-order valence-electron chi connectivity index (χ4n) is 3.59. The van der Waals surface area contributed by atoms with Crippen molar-refractivity contribution in [1.29, 1.82) is 0 Å². The van der Waals surface area contributed by atoms with Crippen molar-refractivity contribution in [3.8, 4) is 11.8 Å². The molecular formula is C24H29IN2O4. The van der Waals surface area contributed by atoms with E-state index in [9.17, 15) is 9.59 Å². The van der Waals surface area contributed by atoms with Crippen molar-refractivity contribution >= 4 is 11.9 Å². The monoisotopic (exact) mass is 536 g/mol. The van der Waals surface area contributed by atoms with Gasteiger partial charge in [0.1, 0.15) is 0 Å². The van der Waals surface area contributed by atoms with Gasteiger partial charge < -0.3 is 42.9 Å². The maximum Gasteiger partial charge on any atom is 0.308 e. The molecule has 166 valence electrons. The van der Waals surface area contributed by atoms with Crippen LogP contribution in [-0.2, 0) is 9.53 Å². The van der Waals surface area contributed by atoms with Gasteiger partial charge in [-0.2, -0.15) is 0 Å². The Labute approximate surface area is 200 Å². The van der Waals surface area contributed by atoms with E-state index in [1.54, 1.807) is 19.1 Å². The number of furan rings is 1. The predicted octanol–water partition coefficient (Wildman–Crippen LogP) is -0.0246. The molecule has 6 nitrogen and oxygen atoms in total. The van der Waals surface area contributed by atoms with Crippen LogP contribution in [-0.4, -0.2) is 55.7 Å². The van der Waals surface area contributed by atoms with Gasteiger partial charge in [-0.25, -0.2) is 0 Å². The summed E-state index contributed by atoms with van der Waals surface area (Å²) < 4.78 is 11.7. The second-order valence-electron chi connectivity index (χ2n) is 8.38. The number of piperidine rings is 1. The SMILES string of the molecule is CCOC(=O)CC1(NC(=O)c2ccc(C#Cc3ccccc3)o2)CC[N+](C)(C)CC1.[I-]. The normalized spacial score (nSPS) is 16.2. The minimum Gasteiger partial charge on any atom is -1.00 e. The number of amides is 1. The van der Waals surface area contributed by atoms with Crippen LogP contribution in [0.3, 0.4) is 0 Å². The Morgan fingerprint density at radius 1 is 1.10 bits per heavy atom. The highest BCUT2D eigenvalue weighted by molar-refractivity contribution is 5.92. The molecular weight excluding hydrogens is 507 g/mol. The van der Waals surface area contributed by atoms with Gasteiger partial charge in [-0.3, -0.25) is 9.59 Å². The summed E-state index contributed by atoms with van der Waals surface area (Å²) >= 11 is 0. The number of benzene rings is 1. The van der Waals surface area contributed by atoms with Gasteiger partial charge >= 0.3 is 5.97 Å². The van der Waals surface area contributed by atoms with E-state index in [4.69, 9.17) is 9.15 Å². The highest BCUT2D eigenvalue weighted by Crippen LogP contribution is 2.29. The third kappa shape index (κ3) is 7.11. The average Bonchev–Trinajstić information content (AvgIpc) is 3.19. The highest BCUT2D eigenvalue weighted by Gasteiger charge is 2.42. The summed E-state index contributed by atoms with van der Waals surface area (Å²) in [4.78, 5) is 25.1. The van der Waals surface area contributed by atoms with Gasteiger partial charge in [0.05, 0.1) is 45.8 Å². The lowest BCUT2D eigenvalue weighted by atomic mass is 9.83. The number of carbonyl (C=O) groups is 2. The topological polar surface area (TPSA) is 68.5 Å². The first kappa shape index (κ1) is 25.0. The zero-order valence-corrected chi connectivity index (χ0v) is 20.4. The van der Waals surface area contributed by atoms with Crippen LogP contribution in [0.1, 0.15) is 48.1 Å². The van der Waals surface area contributed by atoms with Gasteiger partial charge in [-0.05, 0) is 37.1 Å². The number of ether oxygens (including phenoxy) is 1. The molecule has 3 rings (SSSR count). The van der Waals surface area contributed by atoms with Crippen molar-refractivity contribution in [2.75, 3.05) is 33.8 Å². The maximum absolute atomic E-state index is 12.9. The van der Waals surface area contributed by atoms with Gasteiger partial charge in [0.15, 0.2) is 11.5 Å². The van der Waals surface area contributed by atoms with Crippen LogP contribution in [0.15, 0.2) is 46.9 Å². The maximum atomic E-state index is 12.9. The first-order valence-electron chi connectivity index (χ1n) is 10.3. The molecule has 7 heteroatoms. The van der Waals surface area contributed by atoms with Crippen LogP contribution in [0.5, 0.6) is 0 Å². The molecule has 1 saturated heterocycles. The summed E-state index contributed by atoms with van der Waals surface area (Å²) in [5.74, 6) is 5.93. The summed E-state index contributed by atoms with van der Waals surface area (Å²) in [6.45, 7) is 3.84. The summed E-state index contributed by atoms with van der Waals surface area (Å²) in [5, 5.41) is 3.07. The van der Waals surface area contributed by atoms with Crippen LogP contribution in [0, 0.1) is 11.8 Å². The summed E-state index contributed by atoms with van der Waals surface area (Å²) in [5.41, 5.74) is 0.246. The lowest BCUT2D eigenvalue weighted by Gasteiger charge is -2.44. The van der Waals surface area contributed by atoms with Crippen LogP contribution < -0.4 is 29.3 Å². The third-order valence-electron chi connectivity index (χ3n) is 5.49. The van der Waals surface area contributed by atoms with Gasteiger partial charge in [-0.15, -0.1) is 0 Å². The van der Waals surface area contributed by atoms with Crippen LogP contribution in [0.25, 0.3) is 0 Å². The molecule has 0 radical (unpaired) electrons. The number of quaternary nitrogens is 1. The fraction of sp³-hybridized carbons (Fsp3) is 0.417. The number of hydrogen-bond acceptors (Lipinski definition) is 4. The molecule has 1 aliphatic heterocycles. The average molecular weight is 536 g/mol. The Morgan fingerprint density at radius 3 is 2.42 bits per heavy atom. The quantitative estimate of drug-likeness (QED) is 0.253. The van der Waals surface area contributed by atoms with E-state index in [0.717, 1.165) is 23.1 Å². The van der Waals surface area contributed by atoms with Crippen LogP contribution >= 0.6 is 0 Å². The van der Waals surface area contributed by atoms with Gasteiger partial charge in [0.2, 0.25) is 0 Å². The van der Waals surface area contributed by atoms with Gasteiger partial charge in [0.25, 0.3) is 5.91 Å². The Hall–Kier alpha value is -2.31. The number of nitrogens with zero attached hydrogens (tertiary/aromatic N) is 1. The van der Waals surface area contributed by atoms with Crippen molar-refractivity contribution in [3.05, 3.63) is 59.5 Å². The van der Waals surface area contributed by atoms with E-state index in [1.165, 1.54) is 0 Å². The van der Waals surface area contributed by atoms with E-state index in [1.807, 2.05) is 30.3 Å². The minimum absolute atomic E-state index is 0. The number of nitrogens with one attached hydrogen (secondary N) is 1. The minimum atomic E-state index is -0.625. The lowest BCUT2D eigenvalue weighted by Crippen LogP contribution is -3.00. The van der Waals surface area contributed by atoms with E-state index < -0.39 is 5.54 Å². The van der Waals surface area contributed by atoms with Gasteiger partial charge in [-0.1, -0.05) is 24.1 Å². The highest BCUT2D eigenvalue weighted by atomic mass is 127. The molecule has 0 atom stereocenters. The van der Waals surface area contributed by atoms with E-state index >= 15 is 0 Å². The number of likely N-dealkylation sites (tertiary alicyclic amines) is 1. The Bertz CT molecular complexity index is 947. The third-order valence-corrected chi connectivity index (χ3v) is 5.49. The molecule has 0 aliphatic carbocycles. The zero-order valence-electron chi connectivity index (χ0n) is 18.2. The van der Waals surface area contributed by atoms with Crippen molar-refractivity contribution in [3.63, 3.8) is 0 Å². The number of esters is 1. The number of rotatable bonds is 5. The second kappa shape index (κ2) is 10.8. The molecule has 2 aromatic rings. The predicted molar refractivity (Wildman–Crippen MR) is 114 cm³/mol. The zero-order chi connectivity index (χ0) is 21.6. The van der Waals surface area contributed by atoms with Gasteiger partial charge in [0, 0.05) is 18.4 Å². The standard InChI is InChI=1S/C24H28N2O4.HI/c1-4-29-22(27)18-24(14-16-26(2,3)17-15-24)25-23(28)21-13-12-20(30-21)11-10-19-8-6-5-7-9-19;/h5-9,12-13H,4,14-18H2,1-3H3;1H. The second-order valence-corrected chi connectivity index (χ2v) is 8.38. The fourth-order valence-corrected chi connectivity index (χ4v) is 3.59. The van der Waals surface area contributed by atoms with Crippen molar-refractivity contribution in [2.24, 2.45) is 0 Å². The smallest absolute Gasteiger partial charge is 0.308 e. The molecule has 31 heavy (non-hydrogen) atoms. The van der Waals surface area contributed by atoms with E-state index in [2.05, 4.69) is 31.3 Å². The molecule has 1 aliphatic rings. The van der Waals surface area contributed by atoms with Crippen molar-refractivity contribution < 1.29 is 47.2 Å². The van der Waals surface area contributed by atoms with Crippen molar-refractivity contribution in [2.45, 2.75) is 31.7 Å². The first-order valence-corrected chi connectivity index (χ1v) is 10.3. The van der Waals surface area contributed by atoms with Crippen LogP contribution in [0.4, 0.5) is 0 Å². The largest absolute Gasteiger partial charge is 1.00 e. The molecule has 1 aromatic heterocycles. The molecule has 2 heterocycles.